The molecule has 3 aromatic carbocycles. The van der Waals surface area contributed by atoms with Crippen molar-refractivity contribution in [1.82, 2.24) is 4.90 Å². The van der Waals surface area contributed by atoms with Gasteiger partial charge in [0.2, 0.25) is 0 Å². The van der Waals surface area contributed by atoms with Crippen LogP contribution in [0.4, 0.5) is 18.9 Å². The third-order valence-corrected chi connectivity index (χ3v) is 4.37. The number of halogens is 3. The first-order valence-electron chi connectivity index (χ1n) is 8.92. The molecule has 0 N–H and O–H groups in total. The molecule has 0 aliphatic carbocycles. The molecule has 0 aliphatic heterocycles. The van der Waals surface area contributed by atoms with Crippen molar-refractivity contribution < 1.29 is 27.6 Å². The molecule has 0 saturated heterocycles. The fourth-order valence-corrected chi connectivity index (χ4v) is 3.03. The molecule has 0 aromatic heterocycles. The minimum Gasteiger partial charge on any atom is -0.483 e. The van der Waals surface area contributed by atoms with Gasteiger partial charge in [-0.15, -0.1) is 0 Å². The van der Waals surface area contributed by atoms with Gasteiger partial charge in [-0.2, -0.15) is 13.2 Å². The molecule has 0 radical (unpaired) electrons. The molecular formula is C21H17F3N2O4. The molecule has 0 heterocycles. The zero-order valence-corrected chi connectivity index (χ0v) is 15.6. The maximum atomic E-state index is 13.0. The van der Waals surface area contributed by atoms with E-state index in [4.69, 9.17) is 4.74 Å². The van der Waals surface area contributed by atoms with Gasteiger partial charge in [0.1, 0.15) is 12.3 Å². The van der Waals surface area contributed by atoms with Crippen molar-refractivity contribution in [2.24, 2.45) is 0 Å². The predicted octanol–water partition coefficient (Wildman–Crippen LogP) is 4.72. The minimum atomic E-state index is -4.67. The SMILES string of the molecule is O=C(COc1cccc2ccccc12)N(Cc1ccccc1[N+](=O)[O-])CC(F)(F)F. The fourth-order valence-electron chi connectivity index (χ4n) is 3.03. The summed E-state index contributed by atoms with van der Waals surface area (Å²) in [6.45, 7) is -2.74. The maximum absolute atomic E-state index is 13.0. The Morgan fingerprint density at radius 1 is 1.00 bits per heavy atom. The number of amides is 1. The Balaban J connectivity index is 1.80. The summed E-state index contributed by atoms with van der Waals surface area (Å²) in [5.74, 6) is -0.572. The first kappa shape index (κ1) is 21.1. The van der Waals surface area contributed by atoms with Gasteiger partial charge in [-0.1, -0.05) is 54.6 Å². The van der Waals surface area contributed by atoms with Crippen LogP contribution in [-0.2, 0) is 11.3 Å². The van der Waals surface area contributed by atoms with Gasteiger partial charge in [0.05, 0.1) is 11.5 Å². The zero-order valence-electron chi connectivity index (χ0n) is 15.6. The number of alkyl halides is 3. The predicted molar refractivity (Wildman–Crippen MR) is 104 cm³/mol. The number of ether oxygens (including phenoxy) is 1. The van der Waals surface area contributed by atoms with Crippen molar-refractivity contribution in [2.45, 2.75) is 12.7 Å². The van der Waals surface area contributed by atoms with Gasteiger partial charge in [-0.05, 0) is 11.5 Å². The highest BCUT2D eigenvalue weighted by Crippen LogP contribution is 2.26. The molecule has 0 fully saturated rings. The lowest BCUT2D eigenvalue weighted by Crippen LogP contribution is -2.41. The smallest absolute Gasteiger partial charge is 0.406 e. The molecule has 6 nitrogen and oxygen atoms in total. The van der Waals surface area contributed by atoms with E-state index in [0.29, 0.717) is 16.0 Å². The van der Waals surface area contributed by atoms with Crippen molar-refractivity contribution in [3.63, 3.8) is 0 Å². The van der Waals surface area contributed by atoms with Crippen molar-refractivity contribution in [2.75, 3.05) is 13.2 Å². The van der Waals surface area contributed by atoms with E-state index >= 15 is 0 Å². The third kappa shape index (κ3) is 5.25. The summed E-state index contributed by atoms with van der Waals surface area (Å²) in [4.78, 5) is 23.5. The summed E-state index contributed by atoms with van der Waals surface area (Å²) < 4.78 is 44.6. The van der Waals surface area contributed by atoms with Crippen LogP contribution in [0.15, 0.2) is 66.7 Å². The van der Waals surface area contributed by atoms with Crippen molar-refractivity contribution in [1.29, 1.82) is 0 Å². The molecule has 1 amide bonds. The van der Waals surface area contributed by atoms with Gasteiger partial charge in [0, 0.05) is 17.0 Å². The Morgan fingerprint density at radius 3 is 2.40 bits per heavy atom. The lowest BCUT2D eigenvalue weighted by Gasteiger charge is -2.24. The summed E-state index contributed by atoms with van der Waals surface area (Å²) in [5, 5.41) is 12.7. The largest absolute Gasteiger partial charge is 0.483 e. The summed E-state index contributed by atoms with van der Waals surface area (Å²) in [5.41, 5.74) is -0.349. The average molecular weight is 418 g/mol. The van der Waals surface area contributed by atoms with E-state index in [2.05, 4.69) is 0 Å². The Hall–Kier alpha value is -3.62. The molecule has 30 heavy (non-hydrogen) atoms. The standard InChI is InChI=1S/C21H17F3N2O4/c22-21(23,24)14-25(12-16-7-2-4-10-18(16)26(28)29)20(27)13-30-19-11-5-8-15-6-1-3-9-17(15)19/h1-11H,12-14H2. The Bertz CT molecular complexity index is 1060. The molecule has 0 atom stereocenters. The topological polar surface area (TPSA) is 72.7 Å². The lowest BCUT2D eigenvalue weighted by molar-refractivity contribution is -0.385. The normalized spacial score (nSPS) is 11.3. The van der Waals surface area contributed by atoms with Crippen LogP contribution in [0.25, 0.3) is 10.8 Å². The molecule has 0 unspecified atom stereocenters. The first-order chi connectivity index (χ1) is 14.2. The van der Waals surface area contributed by atoms with Crippen LogP contribution in [0.3, 0.4) is 0 Å². The second kappa shape index (κ2) is 8.81. The van der Waals surface area contributed by atoms with E-state index in [1.165, 1.54) is 24.3 Å². The maximum Gasteiger partial charge on any atom is 0.406 e. The van der Waals surface area contributed by atoms with Crippen LogP contribution in [0.2, 0.25) is 0 Å². The highest BCUT2D eigenvalue weighted by atomic mass is 19.4. The highest BCUT2D eigenvalue weighted by molar-refractivity contribution is 5.88. The number of hydrogen-bond donors (Lipinski definition) is 0. The van der Waals surface area contributed by atoms with E-state index in [9.17, 15) is 28.1 Å². The molecular weight excluding hydrogens is 401 g/mol. The number of nitrogens with zero attached hydrogens (tertiary/aromatic N) is 2. The van der Waals surface area contributed by atoms with Crippen LogP contribution < -0.4 is 4.74 Å². The van der Waals surface area contributed by atoms with Gasteiger partial charge >= 0.3 is 6.18 Å². The van der Waals surface area contributed by atoms with Crippen molar-refractivity contribution in [3.8, 4) is 5.75 Å². The molecule has 156 valence electrons. The number of para-hydroxylation sites is 1. The average Bonchev–Trinajstić information content (AvgIpc) is 2.70. The number of carbonyl (C=O) groups is 1. The molecule has 0 aliphatic rings. The number of benzene rings is 3. The molecule has 0 bridgehead atoms. The molecule has 0 saturated carbocycles. The molecule has 3 aromatic rings. The van der Waals surface area contributed by atoms with E-state index in [1.54, 1.807) is 24.3 Å². The van der Waals surface area contributed by atoms with Crippen molar-refractivity contribution in [3.05, 3.63) is 82.4 Å². The lowest BCUT2D eigenvalue weighted by atomic mass is 10.1. The summed E-state index contributed by atoms with van der Waals surface area (Å²) in [7, 11) is 0. The second-order valence-electron chi connectivity index (χ2n) is 6.52. The molecule has 9 heteroatoms. The number of hydrogen-bond acceptors (Lipinski definition) is 4. The summed E-state index contributed by atoms with van der Waals surface area (Å²) in [6, 6.07) is 17.8. The van der Waals surface area contributed by atoms with E-state index in [0.717, 1.165) is 5.39 Å². The highest BCUT2D eigenvalue weighted by Gasteiger charge is 2.34. The minimum absolute atomic E-state index is 0.00487. The number of rotatable bonds is 7. The molecule has 3 rings (SSSR count). The number of fused-ring (bicyclic) bond motifs is 1. The van der Waals surface area contributed by atoms with Gasteiger partial charge in [-0.25, -0.2) is 0 Å². The van der Waals surface area contributed by atoms with E-state index in [1.807, 2.05) is 18.2 Å². The Labute approximate surface area is 169 Å². The quantitative estimate of drug-likeness (QED) is 0.411. The van der Waals surface area contributed by atoms with Crippen LogP contribution in [0, 0.1) is 10.1 Å². The first-order valence-corrected chi connectivity index (χ1v) is 8.92. The van der Waals surface area contributed by atoms with E-state index in [-0.39, 0.29) is 11.3 Å². The Kier molecular flexibility index (Phi) is 6.20. The van der Waals surface area contributed by atoms with Crippen LogP contribution in [0.5, 0.6) is 5.75 Å². The van der Waals surface area contributed by atoms with Gasteiger partial charge in [0.25, 0.3) is 11.6 Å². The van der Waals surface area contributed by atoms with Gasteiger partial charge in [-0.3, -0.25) is 14.9 Å². The van der Waals surface area contributed by atoms with Gasteiger partial charge < -0.3 is 9.64 Å². The second-order valence-corrected chi connectivity index (χ2v) is 6.52. The third-order valence-electron chi connectivity index (χ3n) is 4.37. The van der Waals surface area contributed by atoms with Crippen LogP contribution in [-0.4, -0.2) is 35.1 Å². The Morgan fingerprint density at radius 2 is 1.67 bits per heavy atom. The number of carbonyl (C=O) groups excluding carboxylic acids is 1. The van der Waals surface area contributed by atoms with Crippen molar-refractivity contribution >= 4 is 22.4 Å². The monoisotopic (exact) mass is 418 g/mol. The van der Waals surface area contributed by atoms with Gasteiger partial charge in [0.15, 0.2) is 6.61 Å². The number of nitro benzene ring substituents is 1. The summed E-state index contributed by atoms with van der Waals surface area (Å²) in [6.07, 6.45) is -4.67. The summed E-state index contributed by atoms with van der Waals surface area (Å²) >= 11 is 0. The number of nitro groups is 1. The van der Waals surface area contributed by atoms with Crippen LogP contribution >= 0.6 is 0 Å². The van der Waals surface area contributed by atoms with E-state index < -0.39 is 36.7 Å². The fraction of sp³-hybridized carbons (Fsp3) is 0.190. The zero-order chi connectivity index (χ0) is 21.7. The van der Waals surface area contributed by atoms with Crippen LogP contribution in [0.1, 0.15) is 5.56 Å². The molecule has 0 spiro atoms.